The van der Waals surface area contributed by atoms with Gasteiger partial charge in [-0.25, -0.2) is 4.79 Å². The number of carbonyl (C=O) groups is 1. The topological polar surface area (TPSA) is 70.6 Å². The first kappa shape index (κ1) is 15.3. The molecule has 106 valence electrons. The number of rotatable bonds is 6. The number of urea groups is 1. The molecule has 0 saturated heterocycles. The molecule has 0 aromatic heterocycles. The van der Waals surface area contributed by atoms with Crippen molar-refractivity contribution in [2.24, 2.45) is 5.92 Å². The Kier molecular flexibility index (Phi) is 6.15. The quantitative estimate of drug-likeness (QED) is 0.739. The fraction of sp³-hybridized carbons (Fsp3) is 0.500. The highest BCUT2D eigenvalue weighted by atomic mass is 16.5. The van der Waals surface area contributed by atoms with Crippen LogP contribution in [0.2, 0.25) is 0 Å². The molecule has 1 rings (SSSR count). The van der Waals surface area contributed by atoms with Gasteiger partial charge in [-0.1, -0.05) is 26.0 Å². The summed E-state index contributed by atoms with van der Waals surface area (Å²) < 4.78 is 5.15. The Morgan fingerprint density at radius 3 is 2.63 bits per heavy atom. The molecule has 1 unspecified atom stereocenters. The number of aliphatic hydroxyl groups excluding tert-OH is 1. The standard InChI is InChI=1S/C14H22N2O3/c1-10(2)8-11(9-17)15-14(18)16-12-6-4-5-7-13(12)19-3/h4-7,10-11,17H,8-9H2,1-3H3,(H2,15,16,18). The van der Waals surface area contributed by atoms with Gasteiger partial charge in [0.25, 0.3) is 0 Å². The van der Waals surface area contributed by atoms with Crippen molar-refractivity contribution in [3.63, 3.8) is 0 Å². The maximum Gasteiger partial charge on any atom is 0.319 e. The summed E-state index contributed by atoms with van der Waals surface area (Å²) in [5.41, 5.74) is 0.601. The van der Waals surface area contributed by atoms with Gasteiger partial charge in [0.15, 0.2) is 0 Å². The van der Waals surface area contributed by atoms with Crippen molar-refractivity contribution < 1.29 is 14.6 Å². The van der Waals surface area contributed by atoms with E-state index in [9.17, 15) is 9.90 Å². The number of hydrogen-bond donors (Lipinski definition) is 3. The van der Waals surface area contributed by atoms with Crippen LogP contribution in [0.5, 0.6) is 5.75 Å². The van der Waals surface area contributed by atoms with Gasteiger partial charge in [0.2, 0.25) is 0 Å². The predicted molar refractivity (Wildman–Crippen MR) is 75.5 cm³/mol. The van der Waals surface area contributed by atoms with Gasteiger partial charge in [-0.15, -0.1) is 0 Å². The smallest absolute Gasteiger partial charge is 0.319 e. The minimum atomic E-state index is -0.343. The largest absolute Gasteiger partial charge is 0.495 e. The second-order valence-corrected chi connectivity index (χ2v) is 4.81. The fourth-order valence-electron chi connectivity index (χ4n) is 1.84. The van der Waals surface area contributed by atoms with Crippen molar-refractivity contribution in [3.05, 3.63) is 24.3 Å². The fourth-order valence-corrected chi connectivity index (χ4v) is 1.84. The zero-order valence-corrected chi connectivity index (χ0v) is 11.6. The molecular weight excluding hydrogens is 244 g/mol. The van der Waals surface area contributed by atoms with E-state index in [1.807, 2.05) is 26.0 Å². The molecule has 1 atom stereocenters. The van der Waals surface area contributed by atoms with Crippen molar-refractivity contribution in [1.29, 1.82) is 0 Å². The summed E-state index contributed by atoms with van der Waals surface area (Å²) in [5.74, 6) is 1.01. The van der Waals surface area contributed by atoms with Crippen molar-refractivity contribution in [1.82, 2.24) is 5.32 Å². The molecule has 1 aromatic carbocycles. The molecule has 5 nitrogen and oxygen atoms in total. The number of para-hydroxylation sites is 2. The summed E-state index contributed by atoms with van der Waals surface area (Å²) in [6.45, 7) is 4.02. The van der Waals surface area contributed by atoms with E-state index in [0.717, 1.165) is 6.42 Å². The van der Waals surface area contributed by atoms with Crippen LogP contribution < -0.4 is 15.4 Å². The Morgan fingerprint density at radius 2 is 2.05 bits per heavy atom. The van der Waals surface area contributed by atoms with Crippen LogP contribution in [0, 0.1) is 5.92 Å². The number of hydrogen-bond acceptors (Lipinski definition) is 3. The summed E-state index contributed by atoms with van der Waals surface area (Å²) >= 11 is 0. The molecule has 0 aliphatic heterocycles. The number of methoxy groups -OCH3 is 1. The number of ether oxygens (including phenoxy) is 1. The van der Waals surface area contributed by atoms with Crippen LogP contribution in [-0.4, -0.2) is 30.9 Å². The Balaban J connectivity index is 2.59. The maximum absolute atomic E-state index is 11.8. The molecule has 0 heterocycles. The summed E-state index contributed by atoms with van der Waals surface area (Å²) in [4.78, 5) is 11.8. The minimum absolute atomic E-state index is 0.0719. The van der Waals surface area contributed by atoms with Crippen molar-refractivity contribution in [3.8, 4) is 5.75 Å². The van der Waals surface area contributed by atoms with Crippen LogP contribution in [0.25, 0.3) is 0 Å². The van der Waals surface area contributed by atoms with E-state index in [4.69, 9.17) is 4.74 Å². The molecule has 1 aromatic rings. The monoisotopic (exact) mass is 266 g/mol. The van der Waals surface area contributed by atoms with Crippen LogP contribution >= 0.6 is 0 Å². The van der Waals surface area contributed by atoms with Crippen molar-refractivity contribution >= 4 is 11.7 Å². The molecule has 0 aliphatic carbocycles. The molecule has 0 aliphatic rings. The van der Waals surface area contributed by atoms with E-state index in [1.165, 1.54) is 0 Å². The number of nitrogens with one attached hydrogen (secondary N) is 2. The molecule has 5 heteroatoms. The molecular formula is C14H22N2O3. The minimum Gasteiger partial charge on any atom is -0.495 e. The van der Waals surface area contributed by atoms with Gasteiger partial charge in [0.1, 0.15) is 5.75 Å². The lowest BCUT2D eigenvalue weighted by molar-refractivity contribution is 0.214. The summed E-state index contributed by atoms with van der Waals surface area (Å²) in [5, 5.41) is 14.7. The first-order valence-corrected chi connectivity index (χ1v) is 6.38. The van der Waals surface area contributed by atoms with Crippen LogP contribution in [-0.2, 0) is 0 Å². The molecule has 0 saturated carbocycles. The first-order valence-electron chi connectivity index (χ1n) is 6.38. The number of carbonyl (C=O) groups excluding carboxylic acids is 1. The third-order valence-corrected chi connectivity index (χ3v) is 2.67. The highest BCUT2D eigenvalue weighted by Gasteiger charge is 2.14. The van der Waals surface area contributed by atoms with Crippen molar-refractivity contribution in [2.45, 2.75) is 26.3 Å². The highest BCUT2D eigenvalue weighted by Crippen LogP contribution is 2.22. The van der Waals surface area contributed by atoms with Crippen LogP contribution in [0.3, 0.4) is 0 Å². The van der Waals surface area contributed by atoms with E-state index in [-0.39, 0.29) is 18.7 Å². The number of anilines is 1. The Morgan fingerprint density at radius 1 is 1.37 bits per heavy atom. The SMILES string of the molecule is COc1ccccc1NC(=O)NC(CO)CC(C)C. The Hall–Kier alpha value is -1.75. The molecule has 0 radical (unpaired) electrons. The third-order valence-electron chi connectivity index (χ3n) is 2.67. The van der Waals surface area contributed by atoms with Crippen LogP contribution in [0.4, 0.5) is 10.5 Å². The predicted octanol–water partition coefficient (Wildman–Crippen LogP) is 2.22. The molecule has 0 spiro atoms. The van der Waals surface area contributed by atoms with Crippen LogP contribution in [0.1, 0.15) is 20.3 Å². The van der Waals surface area contributed by atoms with Gasteiger partial charge in [0.05, 0.1) is 25.4 Å². The average molecular weight is 266 g/mol. The first-order chi connectivity index (χ1) is 9.06. The molecule has 2 amide bonds. The van der Waals surface area contributed by atoms with E-state index in [1.54, 1.807) is 19.2 Å². The number of amides is 2. The maximum atomic E-state index is 11.8. The zero-order valence-electron chi connectivity index (χ0n) is 11.6. The molecule has 19 heavy (non-hydrogen) atoms. The van der Waals surface area contributed by atoms with Gasteiger partial charge >= 0.3 is 6.03 Å². The summed E-state index contributed by atoms with van der Waals surface area (Å²) in [6.07, 6.45) is 0.732. The highest BCUT2D eigenvalue weighted by molar-refractivity contribution is 5.91. The van der Waals surface area contributed by atoms with Gasteiger partial charge in [-0.05, 0) is 24.5 Å². The van der Waals surface area contributed by atoms with E-state index in [2.05, 4.69) is 10.6 Å². The van der Waals surface area contributed by atoms with Gasteiger partial charge in [-0.3, -0.25) is 0 Å². The molecule has 0 bridgehead atoms. The third kappa shape index (κ3) is 5.18. The van der Waals surface area contributed by atoms with Crippen molar-refractivity contribution in [2.75, 3.05) is 19.0 Å². The normalized spacial score (nSPS) is 12.1. The lowest BCUT2D eigenvalue weighted by Gasteiger charge is -2.19. The van der Waals surface area contributed by atoms with Gasteiger partial charge in [0, 0.05) is 0 Å². The molecule has 0 fully saturated rings. The average Bonchev–Trinajstić information content (AvgIpc) is 2.38. The summed E-state index contributed by atoms with van der Waals surface area (Å²) in [7, 11) is 1.55. The van der Waals surface area contributed by atoms with Gasteiger partial charge in [-0.2, -0.15) is 0 Å². The second kappa shape index (κ2) is 7.63. The van der Waals surface area contributed by atoms with E-state index in [0.29, 0.717) is 17.4 Å². The van der Waals surface area contributed by atoms with E-state index >= 15 is 0 Å². The zero-order chi connectivity index (χ0) is 14.3. The Labute approximate surface area is 114 Å². The number of aliphatic hydroxyl groups is 1. The number of benzene rings is 1. The molecule has 3 N–H and O–H groups in total. The lowest BCUT2D eigenvalue weighted by Crippen LogP contribution is -2.41. The van der Waals surface area contributed by atoms with E-state index < -0.39 is 0 Å². The second-order valence-electron chi connectivity index (χ2n) is 4.81. The Bertz CT molecular complexity index is 407. The lowest BCUT2D eigenvalue weighted by atomic mass is 10.0. The van der Waals surface area contributed by atoms with Crippen LogP contribution in [0.15, 0.2) is 24.3 Å². The van der Waals surface area contributed by atoms with Gasteiger partial charge < -0.3 is 20.5 Å². The summed E-state index contributed by atoms with van der Waals surface area (Å²) in [6, 6.07) is 6.59.